The zero-order chi connectivity index (χ0) is 27.7. The number of primary amides is 1. The van der Waals surface area contributed by atoms with Crippen LogP contribution < -0.4 is 20.5 Å². The van der Waals surface area contributed by atoms with Crippen molar-refractivity contribution in [1.29, 1.82) is 0 Å². The average molecular weight is 540 g/mol. The molecule has 0 fully saturated rings. The minimum atomic E-state index is -1.92. The summed E-state index contributed by atoms with van der Waals surface area (Å²) in [6, 6.07) is 17.1. The maximum absolute atomic E-state index is 13.8. The van der Waals surface area contributed by atoms with Crippen LogP contribution in [0.3, 0.4) is 0 Å². The van der Waals surface area contributed by atoms with E-state index in [1.165, 1.54) is 17.2 Å². The van der Waals surface area contributed by atoms with Crippen LogP contribution in [0.5, 0.6) is 11.5 Å². The Labute approximate surface area is 229 Å². The molecule has 1 atom stereocenters. The number of amides is 2. The molecule has 0 radical (unpaired) electrons. The number of rotatable bonds is 8. The number of nitrogens with one attached hydrogen (secondary N) is 1. The van der Waals surface area contributed by atoms with Crippen LogP contribution in [0.25, 0.3) is 17.1 Å². The fraction of sp³-hybridized carbons (Fsp3) is 0.172. The summed E-state index contributed by atoms with van der Waals surface area (Å²) in [4.78, 5) is 30.8. The highest BCUT2D eigenvalue weighted by atomic mass is 16.7. The van der Waals surface area contributed by atoms with E-state index in [-0.39, 0.29) is 17.8 Å². The Balaban J connectivity index is 1.35. The number of nitrogens with zero attached hydrogens (tertiary/aromatic N) is 3. The molecule has 2 aliphatic rings. The Hall–Kier alpha value is -5.32. The van der Waals surface area contributed by atoms with Gasteiger partial charge < -0.3 is 30.0 Å². The van der Waals surface area contributed by atoms with Gasteiger partial charge in [0.1, 0.15) is 42.4 Å². The molecule has 0 aliphatic carbocycles. The van der Waals surface area contributed by atoms with Crippen LogP contribution in [0.15, 0.2) is 85.6 Å². The number of fused-ring (bicyclic) bond motifs is 3. The van der Waals surface area contributed by atoms with Gasteiger partial charge in [0.25, 0.3) is 5.91 Å². The highest BCUT2D eigenvalue weighted by Gasteiger charge is 2.51. The van der Waals surface area contributed by atoms with Gasteiger partial charge >= 0.3 is 11.7 Å². The lowest BCUT2D eigenvalue weighted by Gasteiger charge is -2.33. The zero-order valence-corrected chi connectivity index (χ0v) is 21.4. The maximum atomic E-state index is 13.8. The second kappa shape index (κ2) is 10.1. The van der Waals surface area contributed by atoms with Crippen LogP contribution >= 0.6 is 0 Å². The van der Waals surface area contributed by atoms with Crippen LogP contribution in [-0.4, -0.2) is 45.5 Å². The molecule has 0 bridgehead atoms. The Morgan fingerprint density at radius 1 is 1.12 bits per heavy atom. The van der Waals surface area contributed by atoms with Gasteiger partial charge in [0.2, 0.25) is 0 Å². The summed E-state index contributed by atoms with van der Waals surface area (Å²) in [6.45, 7) is 0.311. The molecule has 6 rings (SSSR count). The molecule has 2 aromatic heterocycles. The number of methoxy groups -OCH3 is 1. The summed E-state index contributed by atoms with van der Waals surface area (Å²) in [7, 11) is 1.59. The second-order valence-corrected chi connectivity index (χ2v) is 9.23. The quantitative estimate of drug-likeness (QED) is 0.348. The Morgan fingerprint density at radius 2 is 1.93 bits per heavy atom. The topological polar surface area (TPSA) is 140 Å². The smallest absolute Gasteiger partial charge is 0.352 e. The molecule has 40 heavy (non-hydrogen) atoms. The van der Waals surface area contributed by atoms with Crippen molar-refractivity contribution < 1.29 is 28.5 Å². The Kier molecular flexibility index (Phi) is 6.31. The SMILES string of the molecule is COc1ccc2c(c1)-c1nn(-c3ncccc3C(=O)NC(Cc3ccccc3)C3(C(N)=O)OC=CO3)cc1CO2. The summed E-state index contributed by atoms with van der Waals surface area (Å²) in [5.74, 6) is -1.67. The second-order valence-electron chi connectivity index (χ2n) is 9.23. The summed E-state index contributed by atoms with van der Waals surface area (Å²) in [5, 5.41) is 7.65. The van der Waals surface area contributed by atoms with Crippen molar-refractivity contribution in [3.63, 3.8) is 0 Å². The van der Waals surface area contributed by atoms with Crippen molar-refractivity contribution in [2.24, 2.45) is 5.73 Å². The van der Waals surface area contributed by atoms with E-state index in [4.69, 9.17) is 29.8 Å². The van der Waals surface area contributed by atoms with E-state index in [0.29, 0.717) is 23.8 Å². The predicted octanol–water partition coefficient (Wildman–Crippen LogP) is 2.88. The molecule has 3 N–H and O–H groups in total. The number of carbonyl (C=O) groups is 2. The largest absolute Gasteiger partial charge is 0.497 e. The lowest BCUT2D eigenvalue weighted by atomic mass is 9.97. The number of ether oxygens (including phenoxy) is 4. The van der Waals surface area contributed by atoms with E-state index in [2.05, 4.69) is 10.3 Å². The lowest BCUT2D eigenvalue weighted by Crippen LogP contribution is -2.61. The van der Waals surface area contributed by atoms with E-state index in [9.17, 15) is 9.59 Å². The fourth-order valence-corrected chi connectivity index (χ4v) is 4.81. The molecule has 11 nitrogen and oxygen atoms in total. The standard InChI is InChI=1S/C29H25N5O6/c1-37-20-9-10-23-22(15-20)25-19(17-38-23)16-34(33-25)26-21(8-5-11-31-26)27(35)32-24(14-18-6-3-2-4-7-18)29(28(30)36)39-12-13-40-29/h2-13,15-16,24H,14,17H2,1H3,(H2,30,36)(H,32,35). The summed E-state index contributed by atoms with van der Waals surface area (Å²) >= 11 is 0. The normalized spacial score (nSPS) is 15.0. The maximum Gasteiger partial charge on any atom is 0.352 e. The molecule has 4 heterocycles. The molecule has 0 spiro atoms. The van der Waals surface area contributed by atoms with Crippen molar-refractivity contribution in [3.05, 3.63) is 102 Å². The molecular weight excluding hydrogens is 514 g/mol. The highest BCUT2D eigenvalue weighted by Crippen LogP contribution is 2.39. The summed E-state index contributed by atoms with van der Waals surface area (Å²) in [5.41, 5.74) is 9.07. The van der Waals surface area contributed by atoms with Crippen LogP contribution in [-0.2, 0) is 27.3 Å². The molecular formula is C29H25N5O6. The first-order chi connectivity index (χ1) is 19.5. The molecule has 4 aromatic rings. The van der Waals surface area contributed by atoms with Gasteiger partial charge in [0.05, 0.1) is 12.7 Å². The zero-order valence-electron chi connectivity index (χ0n) is 21.4. The number of carbonyl (C=O) groups excluding carboxylic acids is 2. The highest BCUT2D eigenvalue weighted by molar-refractivity contribution is 5.98. The molecule has 0 saturated carbocycles. The van der Waals surface area contributed by atoms with Crippen molar-refractivity contribution in [2.75, 3.05) is 7.11 Å². The van der Waals surface area contributed by atoms with Crippen LogP contribution in [0.2, 0.25) is 0 Å². The average Bonchev–Trinajstić information content (AvgIpc) is 3.66. The third-order valence-electron chi connectivity index (χ3n) is 6.80. The molecule has 202 valence electrons. The monoisotopic (exact) mass is 539 g/mol. The van der Waals surface area contributed by atoms with Crippen molar-refractivity contribution in [3.8, 4) is 28.6 Å². The summed E-state index contributed by atoms with van der Waals surface area (Å²) in [6.07, 6.45) is 6.01. The number of nitrogens with two attached hydrogens (primary N) is 1. The third-order valence-corrected chi connectivity index (χ3v) is 6.80. The fourth-order valence-electron chi connectivity index (χ4n) is 4.81. The predicted molar refractivity (Wildman–Crippen MR) is 142 cm³/mol. The number of hydrogen-bond donors (Lipinski definition) is 2. The first-order valence-electron chi connectivity index (χ1n) is 12.5. The first kappa shape index (κ1) is 25.0. The number of hydrogen-bond acceptors (Lipinski definition) is 8. The molecule has 1 unspecified atom stereocenters. The van der Waals surface area contributed by atoms with E-state index >= 15 is 0 Å². The third kappa shape index (κ3) is 4.37. The number of pyridine rings is 1. The van der Waals surface area contributed by atoms with Crippen molar-refractivity contribution in [2.45, 2.75) is 24.9 Å². The van der Waals surface area contributed by atoms with Gasteiger partial charge in [-0.15, -0.1) is 0 Å². The van der Waals surface area contributed by atoms with Crippen LogP contribution in [0, 0.1) is 0 Å². The van der Waals surface area contributed by atoms with Gasteiger partial charge in [0.15, 0.2) is 5.82 Å². The van der Waals surface area contributed by atoms with Gasteiger partial charge in [-0.25, -0.2) is 9.67 Å². The number of aromatic nitrogens is 3. The molecule has 2 amide bonds. The van der Waals surface area contributed by atoms with Crippen LogP contribution in [0.1, 0.15) is 21.5 Å². The Morgan fingerprint density at radius 3 is 2.67 bits per heavy atom. The Bertz CT molecular complexity index is 1610. The van der Waals surface area contributed by atoms with Gasteiger partial charge in [0, 0.05) is 29.9 Å². The number of benzene rings is 2. The van der Waals surface area contributed by atoms with Crippen molar-refractivity contribution >= 4 is 11.8 Å². The molecule has 2 aromatic carbocycles. The molecule has 11 heteroatoms. The van der Waals surface area contributed by atoms with E-state index in [1.807, 2.05) is 48.5 Å². The van der Waals surface area contributed by atoms with Gasteiger partial charge in [-0.05, 0) is 35.9 Å². The minimum Gasteiger partial charge on any atom is -0.497 e. The molecule has 0 saturated heterocycles. The lowest BCUT2D eigenvalue weighted by molar-refractivity contribution is -0.182. The van der Waals surface area contributed by atoms with Crippen LogP contribution in [0.4, 0.5) is 0 Å². The minimum absolute atomic E-state index is 0.207. The van der Waals surface area contributed by atoms with E-state index < -0.39 is 23.6 Å². The van der Waals surface area contributed by atoms with Gasteiger partial charge in [-0.3, -0.25) is 9.59 Å². The first-order valence-corrected chi connectivity index (χ1v) is 12.5. The summed E-state index contributed by atoms with van der Waals surface area (Å²) < 4.78 is 23.9. The van der Waals surface area contributed by atoms with Gasteiger partial charge in [-0.1, -0.05) is 30.3 Å². The van der Waals surface area contributed by atoms with Crippen molar-refractivity contribution in [1.82, 2.24) is 20.1 Å². The van der Waals surface area contributed by atoms with E-state index in [0.717, 1.165) is 16.7 Å². The van der Waals surface area contributed by atoms with Gasteiger partial charge in [-0.2, -0.15) is 5.10 Å². The molecule has 2 aliphatic heterocycles. The van der Waals surface area contributed by atoms with E-state index in [1.54, 1.807) is 31.6 Å².